The molecule has 22 heavy (non-hydrogen) atoms. The van der Waals surface area contributed by atoms with Crippen LogP contribution in [0, 0.1) is 6.92 Å². The van der Waals surface area contributed by atoms with Crippen LogP contribution in [-0.2, 0) is 0 Å². The largest absolute Gasteiger partial charge is 0.394 e. The molecule has 5 heteroatoms. The van der Waals surface area contributed by atoms with Crippen LogP contribution in [0.3, 0.4) is 0 Å². The molecular formula is C17H20N2O3. The third-order valence-electron chi connectivity index (χ3n) is 3.30. The Balaban J connectivity index is 2.14. The molecule has 0 fully saturated rings. The van der Waals surface area contributed by atoms with Crippen molar-refractivity contribution in [2.45, 2.75) is 13.0 Å². The summed E-state index contributed by atoms with van der Waals surface area (Å²) in [6, 6.07) is 14.6. The molecule has 0 aliphatic carbocycles. The minimum absolute atomic E-state index is 0.172. The van der Waals surface area contributed by atoms with Crippen molar-refractivity contribution in [3.63, 3.8) is 0 Å². The van der Waals surface area contributed by atoms with Gasteiger partial charge in [0.1, 0.15) is 0 Å². The highest BCUT2D eigenvalue weighted by Crippen LogP contribution is 2.19. The lowest BCUT2D eigenvalue weighted by Crippen LogP contribution is -2.24. The Morgan fingerprint density at radius 2 is 1.73 bits per heavy atom. The second kappa shape index (κ2) is 7.59. The number of hydrogen-bond acceptors (Lipinski definition) is 4. The number of aryl methyl sites for hydroxylation is 1. The average Bonchev–Trinajstić information content (AvgIpc) is 2.55. The maximum Gasteiger partial charge on any atom is 0.257 e. The van der Waals surface area contributed by atoms with Crippen LogP contribution in [0.4, 0.5) is 11.4 Å². The Morgan fingerprint density at radius 3 is 2.41 bits per heavy atom. The van der Waals surface area contributed by atoms with Gasteiger partial charge in [0.05, 0.1) is 18.3 Å². The van der Waals surface area contributed by atoms with Gasteiger partial charge in [0.25, 0.3) is 5.91 Å². The van der Waals surface area contributed by atoms with Crippen molar-refractivity contribution in [2.24, 2.45) is 0 Å². The van der Waals surface area contributed by atoms with Gasteiger partial charge in [-0.25, -0.2) is 0 Å². The molecule has 0 saturated carbocycles. The number of benzene rings is 2. The quantitative estimate of drug-likeness (QED) is 0.658. The summed E-state index contributed by atoms with van der Waals surface area (Å²) in [7, 11) is 0. The van der Waals surface area contributed by atoms with Crippen LogP contribution in [0.2, 0.25) is 0 Å². The summed E-state index contributed by atoms with van der Waals surface area (Å²) in [6.45, 7) is 1.77. The Bertz CT molecular complexity index is 643. The Kier molecular flexibility index (Phi) is 5.52. The summed E-state index contributed by atoms with van der Waals surface area (Å²) in [5.74, 6) is -0.226. The predicted molar refractivity (Wildman–Crippen MR) is 87.2 cm³/mol. The summed E-state index contributed by atoms with van der Waals surface area (Å²) in [6.07, 6.45) is -0.868. The number of nitrogens with one attached hydrogen (secondary N) is 2. The van der Waals surface area contributed by atoms with E-state index in [0.717, 1.165) is 11.3 Å². The molecule has 1 atom stereocenters. The van der Waals surface area contributed by atoms with Crippen LogP contribution < -0.4 is 10.6 Å². The van der Waals surface area contributed by atoms with Gasteiger partial charge in [-0.1, -0.05) is 30.3 Å². The smallest absolute Gasteiger partial charge is 0.257 e. The fraction of sp³-hybridized carbons (Fsp3) is 0.235. The van der Waals surface area contributed by atoms with Gasteiger partial charge < -0.3 is 20.8 Å². The van der Waals surface area contributed by atoms with Crippen molar-refractivity contribution in [2.75, 3.05) is 23.8 Å². The molecule has 2 aromatic carbocycles. The topological polar surface area (TPSA) is 81.6 Å². The van der Waals surface area contributed by atoms with Gasteiger partial charge in [0, 0.05) is 17.9 Å². The molecule has 0 aromatic heterocycles. The van der Waals surface area contributed by atoms with E-state index in [9.17, 15) is 9.90 Å². The molecule has 0 saturated heterocycles. The molecule has 0 spiro atoms. The normalized spacial score (nSPS) is 11.8. The number of rotatable bonds is 6. The van der Waals surface area contributed by atoms with E-state index < -0.39 is 6.10 Å². The Labute approximate surface area is 129 Å². The molecule has 1 amide bonds. The van der Waals surface area contributed by atoms with E-state index in [1.807, 2.05) is 31.2 Å². The standard InChI is InChI=1S/C17H20N2O3/c1-12-6-2-4-8-15(12)19-17(22)14-7-3-5-9-16(14)18-10-13(21)11-20/h2-9,13,18,20-21H,10-11H2,1H3,(H,19,22). The number of aliphatic hydroxyl groups excluding tert-OH is 2. The van der Waals surface area contributed by atoms with Crippen molar-refractivity contribution in [1.29, 1.82) is 0 Å². The molecule has 0 bridgehead atoms. The molecule has 0 aliphatic rings. The third kappa shape index (κ3) is 4.07. The fourth-order valence-corrected chi connectivity index (χ4v) is 2.03. The summed E-state index contributed by atoms with van der Waals surface area (Å²) in [5.41, 5.74) is 2.84. The second-order valence-corrected chi connectivity index (χ2v) is 5.03. The molecule has 1 unspecified atom stereocenters. The monoisotopic (exact) mass is 300 g/mol. The van der Waals surface area contributed by atoms with E-state index >= 15 is 0 Å². The number of anilines is 2. The van der Waals surface area contributed by atoms with E-state index in [4.69, 9.17) is 5.11 Å². The summed E-state index contributed by atoms with van der Waals surface area (Å²) in [4.78, 5) is 12.4. The van der Waals surface area contributed by atoms with Crippen molar-refractivity contribution in [3.05, 3.63) is 59.7 Å². The minimum atomic E-state index is -0.868. The van der Waals surface area contributed by atoms with Gasteiger partial charge in [-0.15, -0.1) is 0 Å². The third-order valence-corrected chi connectivity index (χ3v) is 3.30. The highest BCUT2D eigenvalue weighted by atomic mass is 16.3. The number of para-hydroxylation sites is 2. The number of hydrogen-bond donors (Lipinski definition) is 4. The summed E-state index contributed by atoms with van der Waals surface area (Å²) < 4.78 is 0. The van der Waals surface area contributed by atoms with Crippen LogP contribution in [0.1, 0.15) is 15.9 Å². The van der Waals surface area contributed by atoms with Crippen molar-refractivity contribution in [3.8, 4) is 0 Å². The summed E-state index contributed by atoms with van der Waals surface area (Å²) >= 11 is 0. The van der Waals surface area contributed by atoms with Gasteiger partial charge in [0.2, 0.25) is 0 Å². The van der Waals surface area contributed by atoms with Crippen LogP contribution in [0.15, 0.2) is 48.5 Å². The first-order valence-corrected chi connectivity index (χ1v) is 7.10. The lowest BCUT2D eigenvalue weighted by atomic mass is 10.1. The van der Waals surface area contributed by atoms with Crippen molar-refractivity contribution < 1.29 is 15.0 Å². The zero-order chi connectivity index (χ0) is 15.9. The molecular weight excluding hydrogens is 280 g/mol. The molecule has 0 heterocycles. The SMILES string of the molecule is Cc1ccccc1NC(=O)c1ccccc1NCC(O)CO. The summed E-state index contributed by atoms with van der Waals surface area (Å²) in [5, 5.41) is 24.1. The molecule has 0 aliphatic heterocycles. The zero-order valence-corrected chi connectivity index (χ0v) is 12.4. The highest BCUT2D eigenvalue weighted by molar-refractivity contribution is 6.08. The van der Waals surface area contributed by atoms with Crippen molar-refractivity contribution in [1.82, 2.24) is 0 Å². The van der Waals surface area contributed by atoms with E-state index in [2.05, 4.69) is 10.6 Å². The van der Waals surface area contributed by atoms with Crippen molar-refractivity contribution >= 4 is 17.3 Å². The number of carbonyl (C=O) groups is 1. The number of amides is 1. The molecule has 4 N–H and O–H groups in total. The molecule has 5 nitrogen and oxygen atoms in total. The van der Waals surface area contributed by atoms with Crippen LogP contribution >= 0.6 is 0 Å². The maximum absolute atomic E-state index is 12.4. The first kappa shape index (κ1) is 16.0. The molecule has 2 aromatic rings. The lowest BCUT2D eigenvalue weighted by molar-refractivity contribution is 0.102. The Morgan fingerprint density at radius 1 is 1.09 bits per heavy atom. The van der Waals surface area contributed by atoms with E-state index in [1.165, 1.54) is 0 Å². The Hall–Kier alpha value is -2.37. The lowest BCUT2D eigenvalue weighted by Gasteiger charge is -2.14. The first-order valence-electron chi connectivity index (χ1n) is 7.10. The minimum Gasteiger partial charge on any atom is -0.394 e. The van der Waals surface area contributed by atoms with Gasteiger partial charge in [-0.05, 0) is 30.7 Å². The molecule has 2 rings (SSSR count). The van der Waals surface area contributed by atoms with Crippen LogP contribution in [0.25, 0.3) is 0 Å². The molecule has 0 radical (unpaired) electrons. The fourth-order valence-electron chi connectivity index (χ4n) is 2.03. The zero-order valence-electron chi connectivity index (χ0n) is 12.4. The first-order chi connectivity index (χ1) is 10.6. The maximum atomic E-state index is 12.4. The van der Waals surface area contributed by atoms with Gasteiger partial charge in [-0.2, -0.15) is 0 Å². The predicted octanol–water partition coefficient (Wildman–Crippen LogP) is 2.01. The van der Waals surface area contributed by atoms with Gasteiger partial charge >= 0.3 is 0 Å². The number of aliphatic hydroxyl groups is 2. The van der Waals surface area contributed by atoms with Crippen LogP contribution in [-0.4, -0.2) is 35.4 Å². The van der Waals surface area contributed by atoms with Gasteiger partial charge in [0.15, 0.2) is 0 Å². The molecule has 116 valence electrons. The van der Waals surface area contributed by atoms with E-state index in [1.54, 1.807) is 24.3 Å². The van der Waals surface area contributed by atoms with E-state index in [0.29, 0.717) is 11.3 Å². The van der Waals surface area contributed by atoms with E-state index in [-0.39, 0.29) is 19.1 Å². The van der Waals surface area contributed by atoms with Crippen LogP contribution in [0.5, 0.6) is 0 Å². The van der Waals surface area contributed by atoms with Gasteiger partial charge in [-0.3, -0.25) is 4.79 Å². The second-order valence-electron chi connectivity index (χ2n) is 5.03. The average molecular weight is 300 g/mol. The highest BCUT2D eigenvalue weighted by Gasteiger charge is 2.12. The number of carbonyl (C=O) groups excluding carboxylic acids is 1.